The van der Waals surface area contributed by atoms with Crippen molar-refractivity contribution in [2.24, 2.45) is 0 Å². The first-order valence-electron chi connectivity index (χ1n) is 6.13. The molecule has 2 rings (SSSR count). The Hall–Kier alpha value is -1.05. The fraction of sp³-hybridized carbons (Fsp3) is 0.571. The summed E-state index contributed by atoms with van der Waals surface area (Å²) in [4.78, 5) is 0. The van der Waals surface area contributed by atoms with E-state index in [0.29, 0.717) is 6.10 Å². The molecule has 1 nitrogen and oxygen atoms in total. The van der Waals surface area contributed by atoms with E-state index in [2.05, 4.69) is 0 Å². The molecular formula is C14H19FO. The predicted molar refractivity (Wildman–Crippen MR) is 63.4 cm³/mol. The summed E-state index contributed by atoms with van der Waals surface area (Å²) in [6.07, 6.45) is 4.97. The maximum atomic E-state index is 13.7. The van der Waals surface area contributed by atoms with Crippen molar-refractivity contribution in [3.8, 4) is 5.75 Å². The first kappa shape index (κ1) is 11.4. The molecule has 1 fully saturated rings. The Morgan fingerprint density at radius 3 is 2.56 bits per heavy atom. The van der Waals surface area contributed by atoms with Crippen molar-refractivity contribution in [2.75, 3.05) is 0 Å². The van der Waals surface area contributed by atoms with E-state index in [0.717, 1.165) is 24.2 Å². The van der Waals surface area contributed by atoms with Crippen LogP contribution in [0.2, 0.25) is 0 Å². The van der Waals surface area contributed by atoms with Gasteiger partial charge in [0.2, 0.25) is 0 Å². The summed E-state index contributed by atoms with van der Waals surface area (Å²) >= 11 is 0. The third-order valence-electron chi connectivity index (χ3n) is 3.19. The van der Waals surface area contributed by atoms with Gasteiger partial charge in [-0.15, -0.1) is 0 Å². The van der Waals surface area contributed by atoms with Crippen molar-refractivity contribution < 1.29 is 9.13 Å². The van der Waals surface area contributed by atoms with E-state index in [1.807, 2.05) is 19.9 Å². The van der Waals surface area contributed by atoms with Crippen LogP contribution in [-0.2, 0) is 0 Å². The fourth-order valence-corrected chi connectivity index (χ4v) is 2.37. The predicted octanol–water partition coefficient (Wildman–Crippen LogP) is 4.27. The molecule has 0 atom stereocenters. The molecule has 0 N–H and O–H groups in total. The van der Waals surface area contributed by atoms with Crippen molar-refractivity contribution in [3.05, 3.63) is 29.6 Å². The summed E-state index contributed by atoms with van der Waals surface area (Å²) in [6, 6.07) is 5.12. The molecule has 0 spiro atoms. The zero-order valence-electron chi connectivity index (χ0n) is 10.0. The maximum absolute atomic E-state index is 13.7. The molecule has 0 aliphatic heterocycles. The molecule has 88 valence electrons. The molecule has 0 saturated heterocycles. The minimum Gasteiger partial charge on any atom is -0.490 e. The quantitative estimate of drug-likeness (QED) is 0.742. The topological polar surface area (TPSA) is 9.23 Å². The normalized spacial score (nSPS) is 17.0. The number of benzene rings is 1. The molecule has 0 heterocycles. The Morgan fingerprint density at radius 1 is 1.25 bits per heavy atom. The minimum absolute atomic E-state index is 0.148. The molecule has 0 aromatic heterocycles. The lowest BCUT2D eigenvalue weighted by Crippen LogP contribution is -2.13. The Bertz CT molecular complexity index is 354. The molecule has 1 aliphatic carbocycles. The Morgan fingerprint density at radius 2 is 1.94 bits per heavy atom. The highest BCUT2D eigenvalue weighted by molar-refractivity contribution is 5.37. The van der Waals surface area contributed by atoms with Crippen LogP contribution in [0.25, 0.3) is 0 Å². The lowest BCUT2D eigenvalue weighted by molar-refractivity contribution is 0.206. The van der Waals surface area contributed by atoms with Crippen molar-refractivity contribution in [3.63, 3.8) is 0 Å². The molecule has 1 aliphatic rings. The van der Waals surface area contributed by atoms with Crippen LogP contribution in [-0.4, -0.2) is 6.10 Å². The van der Waals surface area contributed by atoms with E-state index in [4.69, 9.17) is 4.74 Å². The van der Waals surface area contributed by atoms with Crippen LogP contribution >= 0.6 is 0 Å². The number of ether oxygens (including phenoxy) is 1. The second kappa shape index (κ2) is 4.86. The van der Waals surface area contributed by atoms with Gasteiger partial charge in [-0.1, -0.05) is 19.9 Å². The van der Waals surface area contributed by atoms with Crippen LogP contribution in [0, 0.1) is 5.82 Å². The summed E-state index contributed by atoms with van der Waals surface area (Å²) in [5, 5.41) is 0. The summed E-state index contributed by atoms with van der Waals surface area (Å²) in [6.45, 7) is 4.00. The van der Waals surface area contributed by atoms with E-state index < -0.39 is 0 Å². The number of halogens is 1. The number of hydrogen-bond acceptors (Lipinski definition) is 1. The summed E-state index contributed by atoms with van der Waals surface area (Å²) in [5.74, 6) is 0.755. The van der Waals surface area contributed by atoms with Crippen LogP contribution in [0.4, 0.5) is 4.39 Å². The van der Waals surface area contributed by atoms with Gasteiger partial charge in [0, 0.05) is 5.56 Å². The zero-order valence-corrected chi connectivity index (χ0v) is 10.0. The number of rotatable bonds is 3. The second-order valence-corrected chi connectivity index (χ2v) is 4.83. The van der Waals surface area contributed by atoms with E-state index in [1.165, 1.54) is 18.9 Å². The molecule has 1 saturated carbocycles. The SMILES string of the molecule is CC(C)c1c(F)cccc1OC1CCCC1. The average Bonchev–Trinajstić information content (AvgIpc) is 2.70. The Balaban J connectivity index is 2.21. The maximum Gasteiger partial charge on any atom is 0.130 e. The highest BCUT2D eigenvalue weighted by Gasteiger charge is 2.20. The van der Waals surface area contributed by atoms with E-state index >= 15 is 0 Å². The van der Waals surface area contributed by atoms with Gasteiger partial charge < -0.3 is 4.74 Å². The van der Waals surface area contributed by atoms with Crippen LogP contribution in [0.3, 0.4) is 0 Å². The highest BCUT2D eigenvalue weighted by atomic mass is 19.1. The second-order valence-electron chi connectivity index (χ2n) is 4.83. The van der Waals surface area contributed by atoms with Gasteiger partial charge in [-0.25, -0.2) is 4.39 Å². The average molecular weight is 222 g/mol. The monoisotopic (exact) mass is 222 g/mol. The first-order chi connectivity index (χ1) is 7.68. The van der Waals surface area contributed by atoms with Gasteiger partial charge in [0.25, 0.3) is 0 Å². The smallest absolute Gasteiger partial charge is 0.130 e. The van der Waals surface area contributed by atoms with Gasteiger partial charge in [-0.2, -0.15) is 0 Å². The van der Waals surface area contributed by atoms with Crippen molar-refractivity contribution in [1.29, 1.82) is 0 Å². The van der Waals surface area contributed by atoms with Crippen LogP contribution < -0.4 is 4.74 Å². The van der Waals surface area contributed by atoms with Gasteiger partial charge in [0.05, 0.1) is 6.10 Å². The molecule has 0 radical (unpaired) electrons. The molecule has 16 heavy (non-hydrogen) atoms. The van der Waals surface area contributed by atoms with Crippen LogP contribution in [0.5, 0.6) is 5.75 Å². The van der Waals surface area contributed by atoms with E-state index in [-0.39, 0.29) is 11.7 Å². The molecule has 0 amide bonds. The van der Waals surface area contributed by atoms with Crippen LogP contribution in [0.1, 0.15) is 51.0 Å². The van der Waals surface area contributed by atoms with Gasteiger partial charge in [0.1, 0.15) is 11.6 Å². The molecule has 0 unspecified atom stereocenters. The molecule has 2 heteroatoms. The van der Waals surface area contributed by atoms with Gasteiger partial charge >= 0.3 is 0 Å². The Labute approximate surface area is 96.6 Å². The van der Waals surface area contributed by atoms with E-state index in [1.54, 1.807) is 6.07 Å². The van der Waals surface area contributed by atoms with Gasteiger partial charge in [-0.05, 0) is 43.7 Å². The summed E-state index contributed by atoms with van der Waals surface area (Å²) in [5.41, 5.74) is 0.717. The summed E-state index contributed by atoms with van der Waals surface area (Å²) < 4.78 is 19.6. The molecule has 1 aromatic rings. The van der Waals surface area contributed by atoms with Crippen molar-refractivity contribution in [1.82, 2.24) is 0 Å². The molecule has 1 aromatic carbocycles. The third-order valence-corrected chi connectivity index (χ3v) is 3.19. The lowest BCUT2D eigenvalue weighted by atomic mass is 10.0. The third kappa shape index (κ3) is 2.37. The summed E-state index contributed by atoms with van der Waals surface area (Å²) in [7, 11) is 0. The highest BCUT2D eigenvalue weighted by Crippen LogP contribution is 2.32. The molecule has 0 bridgehead atoms. The lowest BCUT2D eigenvalue weighted by Gasteiger charge is -2.18. The van der Waals surface area contributed by atoms with E-state index in [9.17, 15) is 4.39 Å². The van der Waals surface area contributed by atoms with Crippen molar-refractivity contribution in [2.45, 2.75) is 51.6 Å². The molecular weight excluding hydrogens is 203 g/mol. The number of hydrogen-bond donors (Lipinski definition) is 0. The van der Waals surface area contributed by atoms with Gasteiger partial charge in [-0.3, -0.25) is 0 Å². The standard InChI is InChI=1S/C14H19FO/c1-10(2)14-12(15)8-5-9-13(14)16-11-6-3-4-7-11/h5,8-11H,3-4,6-7H2,1-2H3. The zero-order chi connectivity index (χ0) is 11.5. The first-order valence-corrected chi connectivity index (χ1v) is 6.13. The Kier molecular flexibility index (Phi) is 3.47. The minimum atomic E-state index is -0.148. The largest absolute Gasteiger partial charge is 0.490 e. The van der Waals surface area contributed by atoms with Crippen molar-refractivity contribution >= 4 is 0 Å². The fourth-order valence-electron chi connectivity index (χ4n) is 2.37. The van der Waals surface area contributed by atoms with Crippen LogP contribution in [0.15, 0.2) is 18.2 Å². The van der Waals surface area contributed by atoms with Gasteiger partial charge in [0.15, 0.2) is 0 Å².